The summed E-state index contributed by atoms with van der Waals surface area (Å²) in [6, 6.07) is 4.03. The quantitative estimate of drug-likeness (QED) is 0.568. The molecular weight excluding hydrogens is 263 g/mol. The van der Waals surface area contributed by atoms with E-state index in [9.17, 15) is 4.79 Å². The van der Waals surface area contributed by atoms with E-state index in [2.05, 4.69) is 22.6 Å². The fourth-order valence-electron chi connectivity index (χ4n) is 1.21. The van der Waals surface area contributed by atoms with Crippen molar-refractivity contribution in [1.29, 1.82) is 0 Å². The van der Waals surface area contributed by atoms with Crippen LogP contribution < -0.4 is 0 Å². The minimum atomic E-state index is 0.153. The Balaban J connectivity index is 3.43. The fraction of sp³-hybridized carbons (Fsp3) is 0.300. The zero-order valence-electron chi connectivity index (χ0n) is 7.44. The van der Waals surface area contributed by atoms with Gasteiger partial charge >= 0.3 is 0 Å². The smallest absolute Gasteiger partial charge is 0.161 e. The molecule has 1 nitrogen and oxygen atoms in total. The average molecular weight is 274 g/mol. The van der Waals surface area contributed by atoms with Gasteiger partial charge in [0.15, 0.2) is 5.78 Å². The first-order valence-corrected chi connectivity index (χ1v) is 4.88. The molecule has 1 rings (SSSR count). The molecule has 12 heavy (non-hydrogen) atoms. The summed E-state index contributed by atoms with van der Waals surface area (Å²) in [6.45, 7) is 5.63. The maximum atomic E-state index is 11.2. The lowest BCUT2D eigenvalue weighted by molar-refractivity contribution is 0.101. The second-order valence-corrected chi connectivity index (χ2v) is 4.08. The summed E-state index contributed by atoms with van der Waals surface area (Å²) in [5.74, 6) is 0.153. The molecule has 0 radical (unpaired) electrons. The average Bonchev–Trinajstić information content (AvgIpc) is 1.97. The van der Waals surface area contributed by atoms with Crippen LogP contribution in [0.25, 0.3) is 0 Å². The summed E-state index contributed by atoms with van der Waals surface area (Å²) in [7, 11) is 0. The van der Waals surface area contributed by atoms with Crippen LogP contribution in [0.3, 0.4) is 0 Å². The van der Waals surface area contributed by atoms with Gasteiger partial charge in [-0.05, 0) is 60.6 Å². The summed E-state index contributed by atoms with van der Waals surface area (Å²) in [6.07, 6.45) is 0. The van der Waals surface area contributed by atoms with Gasteiger partial charge in [-0.3, -0.25) is 4.79 Å². The number of benzene rings is 1. The van der Waals surface area contributed by atoms with Crippen molar-refractivity contribution < 1.29 is 4.79 Å². The highest BCUT2D eigenvalue weighted by Gasteiger charge is 2.09. The number of hydrogen-bond donors (Lipinski definition) is 0. The Labute approximate surface area is 86.3 Å². The van der Waals surface area contributed by atoms with Crippen molar-refractivity contribution in [3.63, 3.8) is 0 Å². The minimum absolute atomic E-state index is 0.153. The Bertz CT molecular complexity index is 329. The normalized spacial score (nSPS) is 10.0. The number of aryl methyl sites for hydroxylation is 1. The van der Waals surface area contributed by atoms with Gasteiger partial charge in [0.25, 0.3) is 0 Å². The van der Waals surface area contributed by atoms with E-state index in [0.717, 1.165) is 14.7 Å². The largest absolute Gasteiger partial charge is 0.294 e. The summed E-state index contributed by atoms with van der Waals surface area (Å²) in [5.41, 5.74) is 3.16. The molecule has 64 valence electrons. The second kappa shape index (κ2) is 3.56. The van der Waals surface area contributed by atoms with Crippen molar-refractivity contribution in [3.8, 4) is 0 Å². The number of Topliss-reactive ketones (excluding diaryl/α,β-unsaturated/α-hetero) is 1. The van der Waals surface area contributed by atoms with Crippen LogP contribution in [0.4, 0.5) is 0 Å². The number of ketones is 1. The molecular formula is C10H11IO. The molecule has 0 atom stereocenters. The van der Waals surface area contributed by atoms with Crippen LogP contribution in [0.15, 0.2) is 12.1 Å². The molecule has 0 spiro atoms. The first kappa shape index (κ1) is 9.71. The number of rotatable bonds is 1. The Morgan fingerprint density at radius 2 is 1.92 bits per heavy atom. The van der Waals surface area contributed by atoms with Crippen molar-refractivity contribution in [2.45, 2.75) is 20.8 Å². The van der Waals surface area contributed by atoms with Crippen LogP contribution in [-0.4, -0.2) is 5.78 Å². The van der Waals surface area contributed by atoms with E-state index in [4.69, 9.17) is 0 Å². The Morgan fingerprint density at radius 3 is 2.33 bits per heavy atom. The van der Waals surface area contributed by atoms with Crippen LogP contribution in [0.1, 0.15) is 28.4 Å². The van der Waals surface area contributed by atoms with Gasteiger partial charge in [-0.1, -0.05) is 6.07 Å². The van der Waals surface area contributed by atoms with E-state index in [-0.39, 0.29) is 5.78 Å². The number of halogens is 1. The molecule has 0 bridgehead atoms. The topological polar surface area (TPSA) is 17.1 Å². The van der Waals surface area contributed by atoms with Crippen molar-refractivity contribution in [1.82, 2.24) is 0 Å². The lowest BCUT2D eigenvalue weighted by Crippen LogP contribution is -2.01. The highest BCUT2D eigenvalue weighted by molar-refractivity contribution is 14.1. The standard InChI is InChI=1S/C10H11IO/c1-6-4-5-9(11)10(7(6)2)8(3)12/h4-5H,1-3H3. The molecule has 2 heteroatoms. The van der Waals surface area contributed by atoms with E-state index in [0.29, 0.717) is 0 Å². The lowest BCUT2D eigenvalue weighted by atomic mass is 10.0. The third-order valence-corrected chi connectivity index (χ3v) is 2.94. The van der Waals surface area contributed by atoms with E-state index in [1.165, 1.54) is 5.56 Å². The van der Waals surface area contributed by atoms with Gasteiger partial charge in [0.1, 0.15) is 0 Å². The van der Waals surface area contributed by atoms with Gasteiger partial charge in [0.2, 0.25) is 0 Å². The van der Waals surface area contributed by atoms with Gasteiger partial charge in [-0.2, -0.15) is 0 Å². The van der Waals surface area contributed by atoms with E-state index in [1.807, 2.05) is 26.0 Å². The number of hydrogen-bond acceptors (Lipinski definition) is 1. The molecule has 0 saturated carbocycles. The molecule has 0 fully saturated rings. The third kappa shape index (κ3) is 1.68. The Kier molecular flexibility index (Phi) is 2.88. The van der Waals surface area contributed by atoms with E-state index >= 15 is 0 Å². The zero-order valence-corrected chi connectivity index (χ0v) is 9.60. The van der Waals surface area contributed by atoms with Crippen LogP contribution in [0, 0.1) is 17.4 Å². The van der Waals surface area contributed by atoms with Gasteiger partial charge < -0.3 is 0 Å². The molecule has 0 aliphatic carbocycles. The van der Waals surface area contributed by atoms with E-state index in [1.54, 1.807) is 6.92 Å². The summed E-state index contributed by atoms with van der Waals surface area (Å²) in [5, 5.41) is 0. The van der Waals surface area contributed by atoms with Crippen LogP contribution in [-0.2, 0) is 0 Å². The molecule has 0 saturated heterocycles. The molecule has 0 unspecified atom stereocenters. The number of carbonyl (C=O) groups is 1. The molecule has 0 N–H and O–H groups in total. The first-order chi connectivity index (χ1) is 5.54. The zero-order chi connectivity index (χ0) is 9.30. The predicted octanol–water partition coefficient (Wildman–Crippen LogP) is 3.11. The predicted molar refractivity (Wildman–Crippen MR) is 58.6 cm³/mol. The van der Waals surface area contributed by atoms with Gasteiger partial charge in [-0.15, -0.1) is 0 Å². The Hall–Kier alpha value is -0.380. The van der Waals surface area contributed by atoms with Gasteiger partial charge in [-0.25, -0.2) is 0 Å². The molecule has 1 aromatic rings. The lowest BCUT2D eigenvalue weighted by Gasteiger charge is -2.07. The van der Waals surface area contributed by atoms with Crippen molar-refractivity contribution in [2.24, 2.45) is 0 Å². The highest BCUT2D eigenvalue weighted by Crippen LogP contribution is 2.20. The summed E-state index contributed by atoms with van der Waals surface area (Å²) < 4.78 is 1.04. The molecule has 0 aromatic heterocycles. The van der Waals surface area contributed by atoms with Crippen LogP contribution in [0.2, 0.25) is 0 Å². The molecule has 0 aliphatic heterocycles. The highest BCUT2D eigenvalue weighted by atomic mass is 127. The van der Waals surface area contributed by atoms with Crippen LogP contribution >= 0.6 is 22.6 Å². The molecule has 0 aliphatic rings. The minimum Gasteiger partial charge on any atom is -0.294 e. The van der Waals surface area contributed by atoms with Crippen molar-refractivity contribution in [2.75, 3.05) is 0 Å². The monoisotopic (exact) mass is 274 g/mol. The summed E-state index contributed by atoms with van der Waals surface area (Å²) >= 11 is 2.20. The van der Waals surface area contributed by atoms with Crippen molar-refractivity contribution >= 4 is 28.4 Å². The molecule has 0 heterocycles. The van der Waals surface area contributed by atoms with Crippen molar-refractivity contribution in [3.05, 3.63) is 32.4 Å². The summed E-state index contributed by atoms with van der Waals surface area (Å²) in [4.78, 5) is 11.2. The SMILES string of the molecule is CC(=O)c1c(I)ccc(C)c1C. The number of carbonyl (C=O) groups excluding carboxylic acids is 1. The maximum Gasteiger partial charge on any atom is 0.161 e. The molecule has 0 amide bonds. The third-order valence-electron chi connectivity index (χ3n) is 2.04. The molecule has 1 aromatic carbocycles. The van der Waals surface area contributed by atoms with Gasteiger partial charge in [0.05, 0.1) is 0 Å². The Morgan fingerprint density at radius 1 is 1.33 bits per heavy atom. The maximum absolute atomic E-state index is 11.2. The van der Waals surface area contributed by atoms with Gasteiger partial charge in [0, 0.05) is 9.13 Å². The van der Waals surface area contributed by atoms with E-state index < -0.39 is 0 Å². The second-order valence-electron chi connectivity index (χ2n) is 2.92. The fourth-order valence-corrected chi connectivity index (χ4v) is 2.18. The van der Waals surface area contributed by atoms with Crippen LogP contribution in [0.5, 0.6) is 0 Å². The first-order valence-electron chi connectivity index (χ1n) is 3.80.